The number of esters is 1. The first kappa shape index (κ1) is 12.0. The van der Waals surface area contributed by atoms with Gasteiger partial charge < -0.3 is 4.74 Å². The van der Waals surface area contributed by atoms with Crippen LogP contribution in [0.15, 0.2) is 12.4 Å². The lowest BCUT2D eigenvalue weighted by molar-refractivity contribution is 0.0599. The molecule has 0 amide bonds. The van der Waals surface area contributed by atoms with Gasteiger partial charge in [-0.15, -0.1) is 0 Å². The van der Waals surface area contributed by atoms with Crippen LogP contribution in [0.5, 0.6) is 0 Å². The van der Waals surface area contributed by atoms with Crippen molar-refractivity contribution in [1.82, 2.24) is 9.97 Å². The number of hydrogen-bond acceptors (Lipinski definition) is 4. The summed E-state index contributed by atoms with van der Waals surface area (Å²) in [6, 6.07) is 0. The number of carbonyl (C=O) groups excluding carboxylic acids is 1. The lowest BCUT2D eigenvalue weighted by Gasteiger charge is -2.24. The third kappa shape index (κ3) is 2.81. The van der Waals surface area contributed by atoms with Gasteiger partial charge in [0, 0.05) is 18.3 Å². The van der Waals surface area contributed by atoms with Crippen molar-refractivity contribution in [3.63, 3.8) is 0 Å². The van der Waals surface area contributed by atoms with Crippen molar-refractivity contribution in [3.05, 3.63) is 23.8 Å². The zero-order valence-electron chi connectivity index (χ0n) is 10.3. The molecule has 0 unspecified atom stereocenters. The Morgan fingerprint density at radius 3 is 2.35 bits per heavy atom. The average molecular weight is 234 g/mol. The summed E-state index contributed by atoms with van der Waals surface area (Å²) >= 11 is 0. The summed E-state index contributed by atoms with van der Waals surface area (Å²) in [6.07, 6.45) is 7.91. The minimum absolute atomic E-state index is 0.381. The van der Waals surface area contributed by atoms with Gasteiger partial charge in [-0.3, -0.25) is 0 Å². The molecule has 4 heteroatoms. The number of carbonyl (C=O) groups is 1. The van der Waals surface area contributed by atoms with Gasteiger partial charge in [0.05, 0.1) is 12.7 Å². The number of ether oxygens (including phenoxy) is 1. The largest absolute Gasteiger partial charge is 0.465 e. The molecule has 1 aliphatic rings. The monoisotopic (exact) mass is 234 g/mol. The molecule has 0 atom stereocenters. The second-order valence-electron chi connectivity index (χ2n) is 4.78. The molecule has 0 aromatic carbocycles. The maximum Gasteiger partial charge on any atom is 0.341 e. The first-order valence-corrected chi connectivity index (χ1v) is 6.11. The molecular weight excluding hydrogens is 216 g/mol. The fraction of sp³-hybridized carbons (Fsp3) is 0.615. The number of nitrogens with zero attached hydrogens (tertiary/aromatic N) is 2. The molecule has 1 aliphatic carbocycles. The lowest BCUT2D eigenvalue weighted by Crippen LogP contribution is -2.14. The third-order valence-corrected chi connectivity index (χ3v) is 3.47. The van der Waals surface area contributed by atoms with E-state index >= 15 is 0 Å². The summed E-state index contributed by atoms with van der Waals surface area (Å²) in [6.45, 7) is 2.29. The van der Waals surface area contributed by atoms with Gasteiger partial charge in [-0.05, 0) is 18.8 Å². The second kappa shape index (κ2) is 5.25. The smallest absolute Gasteiger partial charge is 0.341 e. The normalized spacial score (nSPS) is 24.4. The molecule has 0 saturated heterocycles. The van der Waals surface area contributed by atoms with E-state index in [1.165, 1.54) is 20.0 Å². The Balaban J connectivity index is 2.05. The van der Waals surface area contributed by atoms with Crippen molar-refractivity contribution in [2.75, 3.05) is 7.11 Å². The van der Waals surface area contributed by atoms with Crippen LogP contribution in [0.1, 0.15) is 54.7 Å². The van der Waals surface area contributed by atoms with Crippen LogP contribution in [0.25, 0.3) is 0 Å². The maximum absolute atomic E-state index is 11.2. The standard InChI is InChI=1S/C13H18N2O2/c1-9-3-5-10(6-4-9)12-14-7-11(8-15-12)13(16)17-2/h7-10H,3-6H2,1-2H3. The fourth-order valence-corrected chi connectivity index (χ4v) is 2.29. The molecule has 0 N–H and O–H groups in total. The Hall–Kier alpha value is -1.45. The van der Waals surface area contributed by atoms with Crippen molar-refractivity contribution in [1.29, 1.82) is 0 Å². The van der Waals surface area contributed by atoms with Gasteiger partial charge in [-0.2, -0.15) is 0 Å². The molecule has 1 heterocycles. The van der Waals surface area contributed by atoms with Crippen molar-refractivity contribution in [2.45, 2.75) is 38.5 Å². The summed E-state index contributed by atoms with van der Waals surface area (Å²) in [5.74, 6) is 1.76. The van der Waals surface area contributed by atoms with E-state index in [0.717, 1.165) is 24.6 Å². The van der Waals surface area contributed by atoms with Crippen LogP contribution in [0.3, 0.4) is 0 Å². The molecule has 0 radical (unpaired) electrons. The van der Waals surface area contributed by atoms with E-state index in [-0.39, 0.29) is 5.97 Å². The van der Waals surface area contributed by atoms with Gasteiger partial charge in [0.2, 0.25) is 0 Å². The Bertz CT molecular complexity index is 381. The first-order chi connectivity index (χ1) is 8.20. The van der Waals surface area contributed by atoms with Crippen LogP contribution in [0.2, 0.25) is 0 Å². The van der Waals surface area contributed by atoms with Gasteiger partial charge in [-0.1, -0.05) is 19.8 Å². The molecule has 2 rings (SSSR count). The van der Waals surface area contributed by atoms with E-state index in [9.17, 15) is 4.79 Å². The van der Waals surface area contributed by atoms with Crippen molar-refractivity contribution in [2.24, 2.45) is 5.92 Å². The summed E-state index contributed by atoms with van der Waals surface area (Å²) in [5, 5.41) is 0. The maximum atomic E-state index is 11.2. The Morgan fingerprint density at radius 2 is 1.82 bits per heavy atom. The van der Waals surface area contributed by atoms with E-state index in [1.54, 1.807) is 12.4 Å². The molecule has 1 fully saturated rings. The van der Waals surface area contributed by atoms with Crippen LogP contribution in [0, 0.1) is 5.92 Å². The highest BCUT2D eigenvalue weighted by atomic mass is 16.5. The molecule has 4 nitrogen and oxygen atoms in total. The van der Waals surface area contributed by atoms with Crippen LogP contribution in [-0.4, -0.2) is 23.0 Å². The molecule has 0 aliphatic heterocycles. The highest BCUT2D eigenvalue weighted by molar-refractivity contribution is 5.88. The van der Waals surface area contributed by atoms with E-state index in [2.05, 4.69) is 21.6 Å². The Morgan fingerprint density at radius 1 is 1.24 bits per heavy atom. The lowest BCUT2D eigenvalue weighted by atomic mass is 9.82. The summed E-state index contributed by atoms with van der Waals surface area (Å²) in [7, 11) is 1.36. The van der Waals surface area contributed by atoms with Crippen LogP contribution in [0.4, 0.5) is 0 Å². The van der Waals surface area contributed by atoms with Gasteiger partial charge in [0.1, 0.15) is 5.82 Å². The van der Waals surface area contributed by atoms with Crippen molar-refractivity contribution >= 4 is 5.97 Å². The zero-order valence-corrected chi connectivity index (χ0v) is 10.3. The highest BCUT2D eigenvalue weighted by Gasteiger charge is 2.22. The van der Waals surface area contributed by atoms with Crippen LogP contribution in [-0.2, 0) is 4.74 Å². The van der Waals surface area contributed by atoms with Gasteiger partial charge >= 0.3 is 5.97 Å². The Labute approximate surface area is 101 Å². The molecule has 17 heavy (non-hydrogen) atoms. The number of methoxy groups -OCH3 is 1. The van der Waals surface area contributed by atoms with Crippen molar-refractivity contribution < 1.29 is 9.53 Å². The molecule has 0 bridgehead atoms. The highest BCUT2D eigenvalue weighted by Crippen LogP contribution is 2.33. The minimum Gasteiger partial charge on any atom is -0.465 e. The molecule has 1 saturated carbocycles. The summed E-state index contributed by atoms with van der Waals surface area (Å²) in [5.41, 5.74) is 0.417. The SMILES string of the molecule is COC(=O)c1cnc(C2CCC(C)CC2)nc1. The van der Waals surface area contributed by atoms with Crippen molar-refractivity contribution in [3.8, 4) is 0 Å². The van der Waals surface area contributed by atoms with E-state index in [4.69, 9.17) is 0 Å². The minimum atomic E-state index is -0.381. The number of hydrogen-bond donors (Lipinski definition) is 0. The predicted octanol–water partition coefficient (Wildman–Crippen LogP) is 2.56. The van der Waals surface area contributed by atoms with Crippen LogP contribution >= 0.6 is 0 Å². The third-order valence-electron chi connectivity index (χ3n) is 3.47. The van der Waals surface area contributed by atoms with Gasteiger partial charge in [-0.25, -0.2) is 14.8 Å². The Kier molecular flexibility index (Phi) is 3.71. The predicted molar refractivity (Wildman–Crippen MR) is 63.7 cm³/mol. The number of rotatable bonds is 2. The van der Waals surface area contributed by atoms with Crippen LogP contribution < -0.4 is 0 Å². The molecule has 1 aromatic rings. The quantitative estimate of drug-likeness (QED) is 0.738. The average Bonchev–Trinajstić information content (AvgIpc) is 2.39. The topological polar surface area (TPSA) is 52.1 Å². The molecular formula is C13H18N2O2. The first-order valence-electron chi connectivity index (χ1n) is 6.11. The second-order valence-corrected chi connectivity index (χ2v) is 4.78. The summed E-state index contributed by atoms with van der Waals surface area (Å²) < 4.78 is 4.62. The van der Waals surface area contributed by atoms with Gasteiger partial charge in [0.15, 0.2) is 0 Å². The summed E-state index contributed by atoms with van der Waals surface area (Å²) in [4.78, 5) is 19.8. The zero-order chi connectivity index (χ0) is 12.3. The van der Waals surface area contributed by atoms with Gasteiger partial charge in [0.25, 0.3) is 0 Å². The molecule has 92 valence electrons. The van der Waals surface area contributed by atoms with E-state index < -0.39 is 0 Å². The molecule has 0 spiro atoms. The number of aromatic nitrogens is 2. The fourth-order valence-electron chi connectivity index (χ4n) is 2.29. The molecule has 1 aromatic heterocycles. The van der Waals surface area contributed by atoms with E-state index in [1.807, 2.05) is 0 Å². The van der Waals surface area contributed by atoms with E-state index in [0.29, 0.717) is 11.5 Å².